The Hall–Kier alpha value is 0.01000. The van der Waals surface area contributed by atoms with Crippen LogP contribution in [0.25, 0.3) is 0 Å². The second kappa shape index (κ2) is 3.50. The second-order valence-corrected chi connectivity index (χ2v) is 7.62. The average Bonchev–Trinajstić information content (AvgIpc) is 2.69. The maximum atomic E-state index is 3.83. The van der Waals surface area contributed by atoms with Crippen molar-refractivity contribution in [2.24, 2.45) is 0 Å². The summed E-state index contributed by atoms with van der Waals surface area (Å²) in [6.07, 6.45) is 2.43. The predicted molar refractivity (Wildman–Crippen MR) is 73.8 cm³/mol. The van der Waals surface area contributed by atoms with Crippen molar-refractivity contribution in [1.82, 2.24) is 5.32 Å². The first kappa shape index (κ1) is 11.1. The smallest absolute Gasteiger partial charge is 0.0912 e. The lowest BCUT2D eigenvalue weighted by atomic mass is 10.0. The Balaban J connectivity index is 2.03. The van der Waals surface area contributed by atoms with Crippen LogP contribution >= 0.6 is 27.7 Å². The van der Waals surface area contributed by atoms with Crippen LogP contribution in [0.2, 0.25) is 0 Å². The summed E-state index contributed by atoms with van der Waals surface area (Å²) in [4.78, 5) is 0.194. The molecule has 16 heavy (non-hydrogen) atoms. The summed E-state index contributed by atoms with van der Waals surface area (Å²) in [5.41, 5.74) is 3.28. The van der Waals surface area contributed by atoms with E-state index in [2.05, 4.69) is 65.1 Å². The highest BCUT2D eigenvalue weighted by Gasteiger charge is 2.47. The molecule has 0 bridgehead atoms. The van der Waals surface area contributed by atoms with E-state index in [9.17, 15) is 0 Å². The Morgan fingerprint density at radius 1 is 1.38 bits per heavy atom. The van der Waals surface area contributed by atoms with E-state index in [1.165, 1.54) is 34.2 Å². The molecule has 1 aromatic rings. The highest BCUT2D eigenvalue weighted by molar-refractivity contribution is 9.10. The quantitative estimate of drug-likeness (QED) is 0.784. The number of rotatable bonds is 0. The lowest BCUT2D eigenvalue weighted by Crippen LogP contribution is -2.44. The third kappa shape index (κ3) is 1.64. The molecule has 3 heteroatoms. The molecule has 1 heterocycles. The van der Waals surface area contributed by atoms with Crippen molar-refractivity contribution < 1.29 is 0 Å². The van der Waals surface area contributed by atoms with Gasteiger partial charge in [-0.1, -0.05) is 22.0 Å². The molecule has 1 fully saturated rings. The fourth-order valence-corrected chi connectivity index (χ4v) is 4.85. The maximum absolute atomic E-state index is 3.83. The molecule has 1 N–H and O–H groups in total. The molecular weight excluding hydrogens is 282 g/mol. The first-order valence-corrected chi connectivity index (χ1v) is 7.51. The van der Waals surface area contributed by atoms with Crippen molar-refractivity contribution in [3.63, 3.8) is 0 Å². The van der Waals surface area contributed by atoms with Crippen LogP contribution in [0, 0.1) is 0 Å². The number of nitrogens with one attached hydrogen (secondary N) is 1. The van der Waals surface area contributed by atoms with Crippen LogP contribution in [0.5, 0.6) is 0 Å². The van der Waals surface area contributed by atoms with Gasteiger partial charge in [0.2, 0.25) is 0 Å². The fourth-order valence-electron chi connectivity index (χ4n) is 2.81. The van der Waals surface area contributed by atoms with Gasteiger partial charge in [-0.3, -0.25) is 5.32 Å². The minimum absolute atomic E-state index is 0.194. The molecule has 0 saturated carbocycles. The Morgan fingerprint density at radius 2 is 2.19 bits per heavy atom. The SMILES string of the molecule is CC1(C)CSC2(CCc3cc(Br)ccc32)N1. The molecule has 2 aliphatic rings. The van der Waals surface area contributed by atoms with Crippen LogP contribution in [0.15, 0.2) is 22.7 Å². The van der Waals surface area contributed by atoms with E-state index in [-0.39, 0.29) is 10.4 Å². The van der Waals surface area contributed by atoms with Crippen molar-refractivity contribution in [1.29, 1.82) is 0 Å². The van der Waals surface area contributed by atoms with Gasteiger partial charge in [0.1, 0.15) is 0 Å². The number of benzene rings is 1. The van der Waals surface area contributed by atoms with Crippen molar-refractivity contribution in [3.8, 4) is 0 Å². The van der Waals surface area contributed by atoms with Crippen molar-refractivity contribution >= 4 is 27.7 Å². The minimum Gasteiger partial charge on any atom is -0.293 e. The Labute approximate surface area is 110 Å². The highest BCUT2D eigenvalue weighted by atomic mass is 79.9. The monoisotopic (exact) mass is 297 g/mol. The van der Waals surface area contributed by atoms with Gasteiger partial charge in [0.05, 0.1) is 4.87 Å². The number of hydrogen-bond donors (Lipinski definition) is 1. The third-order valence-electron chi connectivity index (χ3n) is 3.47. The van der Waals surface area contributed by atoms with E-state index in [0.717, 1.165) is 0 Å². The van der Waals surface area contributed by atoms with Gasteiger partial charge in [-0.25, -0.2) is 0 Å². The zero-order valence-electron chi connectivity index (χ0n) is 9.64. The standard InChI is InChI=1S/C13H16BrNS/c1-12(2)8-16-13(15-12)6-5-9-7-10(14)3-4-11(9)13/h3-4,7,15H,5-6,8H2,1-2H3. The Bertz CT molecular complexity index is 444. The first-order valence-electron chi connectivity index (χ1n) is 5.73. The maximum Gasteiger partial charge on any atom is 0.0912 e. The van der Waals surface area contributed by atoms with E-state index < -0.39 is 0 Å². The molecule has 1 aromatic carbocycles. The van der Waals surface area contributed by atoms with Gasteiger partial charge in [0.15, 0.2) is 0 Å². The van der Waals surface area contributed by atoms with Crippen LogP contribution in [0.1, 0.15) is 31.4 Å². The summed E-state index contributed by atoms with van der Waals surface area (Å²) in [5, 5.41) is 3.83. The summed E-state index contributed by atoms with van der Waals surface area (Å²) in [6.45, 7) is 4.59. The van der Waals surface area contributed by atoms with Gasteiger partial charge in [-0.05, 0) is 49.9 Å². The van der Waals surface area contributed by atoms with Crippen LogP contribution in [0.3, 0.4) is 0 Å². The van der Waals surface area contributed by atoms with Crippen LogP contribution in [-0.2, 0) is 11.3 Å². The molecule has 3 rings (SSSR count). The molecule has 86 valence electrons. The van der Waals surface area contributed by atoms with Gasteiger partial charge in [-0.2, -0.15) is 0 Å². The van der Waals surface area contributed by atoms with Crippen LogP contribution in [-0.4, -0.2) is 11.3 Å². The lowest BCUT2D eigenvalue weighted by molar-refractivity contribution is 0.368. The van der Waals surface area contributed by atoms with E-state index >= 15 is 0 Å². The number of thioether (sulfide) groups is 1. The molecule has 1 saturated heterocycles. The summed E-state index contributed by atoms with van der Waals surface area (Å²) in [6, 6.07) is 6.73. The topological polar surface area (TPSA) is 12.0 Å². The van der Waals surface area contributed by atoms with E-state index in [0.29, 0.717) is 0 Å². The van der Waals surface area contributed by atoms with Gasteiger partial charge < -0.3 is 0 Å². The summed E-state index contributed by atoms with van der Waals surface area (Å²) in [7, 11) is 0. The molecule has 1 aliphatic heterocycles. The normalized spacial score (nSPS) is 30.9. The first-order chi connectivity index (χ1) is 7.51. The number of fused-ring (bicyclic) bond motifs is 2. The Kier molecular flexibility index (Phi) is 2.43. The molecule has 0 amide bonds. The molecular formula is C13H16BrNS. The number of aryl methyl sites for hydroxylation is 1. The molecule has 1 atom stereocenters. The van der Waals surface area contributed by atoms with Gasteiger partial charge in [0, 0.05) is 15.8 Å². The average molecular weight is 298 g/mol. The van der Waals surface area contributed by atoms with Gasteiger partial charge >= 0.3 is 0 Å². The molecule has 1 aliphatic carbocycles. The zero-order valence-corrected chi connectivity index (χ0v) is 12.0. The third-order valence-corrected chi connectivity index (χ3v) is 5.85. The van der Waals surface area contributed by atoms with E-state index in [1.54, 1.807) is 0 Å². The van der Waals surface area contributed by atoms with E-state index in [1.807, 2.05) is 0 Å². The highest BCUT2D eigenvalue weighted by Crippen LogP contribution is 2.51. The largest absolute Gasteiger partial charge is 0.293 e. The van der Waals surface area contributed by atoms with Crippen LogP contribution < -0.4 is 5.32 Å². The fraction of sp³-hybridized carbons (Fsp3) is 0.538. The molecule has 0 radical (unpaired) electrons. The number of halogens is 1. The second-order valence-electron chi connectivity index (χ2n) is 5.43. The summed E-state index contributed by atoms with van der Waals surface area (Å²) < 4.78 is 1.20. The Morgan fingerprint density at radius 3 is 2.88 bits per heavy atom. The summed E-state index contributed by atoms with van der Waals surface area (Å²) >= 11 is 5.64. The van der Waals surface area contributed by atoms with Gasteiger partial charge in [0.25, 0.3) is 0 Å². The molecule has 1 spiro atoms. The molecule has 1 nitrogen and oxygen atoms in total. The molecule has 0 aromatic heterocycles. The predicted octanol–water partition coefficient (Wildman–Crippen LogP) is 3.66. The minimum atomic E-state index is 0.194. The van der Waals surface area contributed by atoms with E-state index in [4.69, 9.17) is 0 Å². The van der Waals surface area contributed by atoms with Crippen molar-refractivity contribution in [3.05, 3.63) is 33.8 Å². The summed E-state index contributed by atoms with van der Waals surface area (Å²) in [5.74, 6) is 1.20. The number of hydrogen-bond acceptors (Lipinski definition) is 2. The van der Waals surface area contributed by atoms with Crippen molar-refractivity contribution in [2.45, 2.75) is 37.1 Å². The lowest BCUT2D eigenvalue weighted by Gasteiger charge is -2.28. The molecule has 1 unspecified atom stereocenters. The van der Waals surface area contributed by atoms with Crippen molar-refractivity contribution in [2.75, 3.05) is 5.75 Å². The van der Waals surface area contributed by atoms with Crippen LogP contribution in [0.4, 0.5) is 0 Å². The zero-order chi connectivity index (χ0) is 11.4. The van der Waals surface area contributed by atoms with Gasteiger partial charge in [-0.15, -0.1) is 11.8 Å².